The van der Waals surface area contributed by atoms with Gasteiger partial charge >= 0.3 is 5.97 Å². The number of carboxylic acids is 1. The van der Waals surface area contributed by atoms with Gasteiger partial charge in [0, 0.05) is 7.05 Å². The van der Waals surface area contributed by atoms with Crippen molar-refractivity contribution < 1.29 is 14.7 Å². The van der Waals surface area contributed by atoms with Crippen molar-refractivity contribution in [2.45, 2.75) is 51.1 Å². The highest BCUT2D eigenvalue weighted by molar-refractivity contribution is 5.86. The van der Waals surface area contributed by atoms with Gasteiger partial charge in [0.25, 0.3) is 0 Å². The number of likely N-dealkylation sites (N-methyl/N-ethyl adjacent to an activating group) is 1. The fraction of sp³-hybridized carbons (Fsp3) is 0.833. The maximum absolute atomic E-state index is 12.1. The van der Waals surface area contributed by atoms with Crippen molar-refractivity contribution in [2.24, 2.45) is 0 Å². The standard InChI is InChI=1S/C12H22N2O3/c1-9(12(16)17)14(2)11(15)10-7-5-3-4-6-8-13-10/h9-10,13H,3-8H2,1-2H3,(H,16,17). The van der Waals surface area contributed by atoms with Crippen LogP contribution in [-0.2, 0) is 9.59 Å². The molecule has 0 radical (unpaired) electrons. The van der Waals surface area contributed by atoms with Crippen molar-refractivity contribution in [1.82, 2.24) is 10.2 Å². The Morgan fingerprint density at radius 2 is 1.94 bits per heavy atom. The molecule has 0 spiro atoms. The maximum Gasteiger partial charge on any atom is 0.326 e. The lowest BCUT2D eigenvalue weighted by Gasteiger charge is -2.28. The first-order valence-electron chi connectivity index (χ1n) is 6.27. The number of hydrogen-bond acceptors (Lipinski definition) is 3. The van der Waals surface area contributed by atoms with Crippen molar-refractivity contribution in [3.63, 3.8) is 0 Å². The third-order valence-corrected chi connectivity index (χ3v) is 3.39. The van der Waals surface area contributed by atoms with Crippen LogP contribution in [0.25, 0.3) is 0 Å². The molecule has 1 aliphatic heterocycles. The fourth-order valence-corrected chi connectivity index (χ4v) is 2.02. The third kappa shape index (κ3) is 4.00. The normalized spacial score (nSPS) is 23.3. The minimum absolute atomic E-state index is 0.109. The van der Waals surface area contributed by atoms with E-state index in [0.29, 0.717) is 0 Å². The molecule has 1 saturated heterocycles. The van der Waals surface area contributed by atoms with Gasteiger partial charge < -0.3 is 15.3 Å². The van der Waals surface area contributed by atoms with Crippen LogP contribution in [0.15, 0.2) is 0 Å². The predicted molar refractivity (Wildman–Crippen MR) is 64.7 cm³/mol. The van der Waals surface area contributed by atoms with Crippen molar-refractivity contribution in [2.75, 3.05) is 13.6 Å². The first kappa shape index (κ1) is 14.0. The predicted octanol–water partition coefficient (Wildman–Crippen LogP) is 0.840. The SMILES string of the molecule is CC(C(=O)O)N(C)C(=O)C1CCCCCCN1. The Balaban J connectivity index is 2.56. The summed E-state index contributed by atoms with van der Waals surface area (Å²) in [6, 6.07) is -0.989. The number of nitrogens with one attached hydrogen (secondary N) is 1. The molecule has 5 heteroatoms. The molecular weight excluding hydrogens is 220 g/mol. The van der Waals surface area contributed by atoms with Gasteiger partial charge in [-0.2, -0.15) is 0 Å². The molecule has 2 N–H and O–H groups in total. The van der Waals surface area contributed by atoms with Crippen LogP contribution in [0.4, 0.5) is 0 Å². The van der Waals surface area contributed by atoms with E-state index in [1.54, 1.807) is 7.05 Å². The zero-order chi connectivity index (χ0) is 12.8. The molecular formula is C12H22N2O3. The van der Waals surface area contributed by atoms with Gasteiger partial charge in [-0.15, -0.1) is 0 Å². The zero-order valence-corrected chi connectivity index (χ0v) is 10.6. The van der Waals surface area contributed by atoms with E-state index >= 15 is 0 Å². The molecule has 1 fully saturated rings. The molecule has 0 aromatic heterocycles. The Hall–Kier alpha value is -1.10. The molecule has 5 nitrogen and oxygen atoms in total. The first-order valence-corrected chi connectivity index (χ1v) is 6.27. The first-order chi connectivity index (χ1) is 8.04. The molecule has 2 unspecified atom stereocenters. The van der Waals surface area contributed by atoms with E-state index < -0.39 is 12.0 Å². The smallest absolute Gasteiger partial charge is 0.326 e. The number of hydrogen-bond donors (Lipinski definition) is 2. The monoisotopic (exact) mass is 242 g/mol. The highest BCUT2D eigenvalue weighted by atomic mass is 16.4. The molecule has 0 aromatic carbocycles. The molecule has 1 rings (SSSR count). The lowest BCUT2D eigenvalue weighted by atomic mass is 10.0. The van der Waals surface area contributed by atoms with E-state index in [0.717, 1.165) is 32.2 Å². The second kappa shape index (κ2) is 6.59. The number of amides is 1. The summed E-state index contributed by atoms with van der Waals surface area (Å²) in [5.41, 5.74) is 0. The molecule has 0 bridgehead atoms. The van der Waals surface area contributed by atoms with Crippen LogP contribution in [0, 0.1) is 0 Å². The minimum atomic E-state index is -0.966. The van der Waals surface area contributed by atoms with E-state index in [1.165, 1.54) is 18.2 Å². The average molecular weight is 242 g/mol. The lowest BCUT2D eigenvalue weighted by molar-refractivity contribution is -0.149. The van der Waals surface area contributed by atoms with Gasteiger partial charge in [0.15, 0.2) is 0 Å². The molecule has 1 amide bonds. The van der Waals surface area contributed by atoms with Crippen molar-refractivity contribution in [3.05, 3.63) is 0 Å². The van der Waals surface area contributed by atoms with Crippen molar-refractivity contribution in [3.8, 4) is 0 Å². The summed E-state index contributed by atoms with van der Waals surface area (Å²) in [4.78, 5) is 24.3. The molecule has 2 atom stereocenters. The third-order valence-electron chi connectivity index (χ3n) is 3.39. The van der Waals surface area contributed by atoms with Crippen LogP contribution in [0.2, 0.25) is 0 Å². The Morgan fingerprint density at radius 1 is 1.29 bits per heavy atom. The van der Waals surface area contributed by atoms with Crippen LogP contribution in [0.5, 0.6) is 0 Å². The van der Waals surface area contributed by atoms with Crippen LogP contribution in [-0.4, -0.2) is 47.6 Å². The van der Waals surface area contributed by atoms with E-state index in [2.05, 4.69) is 5.32 Å². The summed E-state index contributed by atoms with van der Waals surface area (Å²) in [6.45, 7) is 2.37. The number of carbonyl (C=O) groups is 2. The van der Waals surface area contributed by atoms with Gasteiger partial charge in [-0.05, 0) is 26.3 Å². The summed E-state index contributed by atoms with van der Waals surface area (Å²) in [6.07, 6.45) is 5.27. The van der Waals surface area contributed by atoms with Crippen LogP contribution < -0.4 is 5.32 Å². The van der Waals surface area contributed by atoms with Crippen LogP contribution >= 0.6 is 0 Å². The lowest BCUT2D eigenvalue weighted by Crippen LogP contribution is -2.50. The number of carbonyl (C=O) groups excluding carboxylic acids is 1. The number of aliphatic carboxylic acids is 1. The highest BCUT2D eigenvalue weighted by Gasteiger charge is 2.27. The molecule has 1 aliphatic rings. The molecule has 17 heavy (non-hydrogen) atoms. The number of rotatable bonds is 3. The molecule has 0 saturated carbocycles. The van der Waals surface area contributed by atoms with E-state index in [-0.39, 0.29) is 11.9 Å². The summed E-state index contributed by atoms with van der Waals surface area (Å²) in [5, 5.41) is 12.1. The summed E-state index contributed by atoms with van der Waals surface area (Å²) < 4.78 is 0. The topological polar surface area (TPSA) is 69.6 Å². The van der Waals surface area contributed by atoms with Crippen LogP contribution in [0.3, 0.4) is 0 Å². The van der Waals surface area contributed by atoms with Gasteiger partial charge in [0.2, 0.25) is 5.91 Å². The largest absolute Gasteiger partial charge is 0.480 e. The Labute approximate surface area is 102 Å². The fourth-order valence-electron chi connectivity index (χ4n) is 2.02. The highest BCUT2D eigenvalue weighted by Crippen LogP contribution is 2.12. The second-order valence-electron chi connectivity index (χ2n) is 4.67. The Kier molecular flexibility index (Phi) is 5.41. The van der Waals surface area contributed by atoms with Gasteiger partial charge in [0.1, 0.15) is 6.04 Å². The molecule has 98 valence electrons. The van der Waals surface area contributed by atoms with E-state index in [9.17, 15) is 9.59 Å². The Morgan fingerprint density at radius 3 is 2.59 bits per heavy atom. The minimum Gasteiger partial charge on any atom is -0.480 e. The average Bonchev–Trinajstić information content (AvgIpc) is 2.25. The van der Waals surface area contributed by atoms with Gasteiger partial charge in [-0.3, -0.25) is 4.79 Å². The van der Waals surface area contributed by atoms with Crippen molar-refractivity contribution in [1.29, 1.82) is 0 Å². The molecule has 0 aliphatic carbocycles. The Bertz CT molecular complexity index is 273. The number of nitrogens with zero attached hydrogens (tertiary/aromatic N) is 1. The maximum atomic E-state index is 12.1. The van der Waals surface area contributed by atoms with Crippen molar-refractivity contribution >= 4 is 11.9 Å². The quantitative estimate of drug-likeness (QED) is 0.769. The van der Waals surface area contributed by atoms with Gasteiger partial charge in [-0.1, -0.05) is 19.3 Å². The number of carboxylic acid groups (broad SMARTS) is 1. The summed E-state index contributed by atoms with van der Waals surface area (Å²) >= 11 is 0. The van der Waals surface area contributed by atoms with Gasteiger partial charge in [-0.25, -0.2) is 4.79 Å². The van der Waals surface area contributed by atoms with E-state index in [1.807, 2.05) is 0 Å². The zero-order valence-electron chi connectivity index (χ0n) is 10.6. The second-order valence-corrected chi connectivity index (χ2v) is 4.67. The summed E-state index contributed by atoms with van der Waals surface area (Å²) in [7, 11) is 1.56. The van der Waals surface area contributed by atoms with Crippen LogP contribution in [0.1, 0.15) is 39.0 Å². The molecule has 0 aromatic rings. The molecule has 1 heterocycles. The van der Waals surface area contributed by atoms with E-state index in [4.69, 9.17) is 5.11 Å². The summed E-state index contributed by atoms with van der Waals surface area (Å²) in [5.74, 6) is -1.08. The van der Waals surface area contributed by atoms with Gasteiger partial charge in [0.05, 0.1) is 6.04 Å².